The van der Waals surface area contributed by atoms with Gasteiger partial charge in [0, 0.05) is 0 Å². The van der Waals surface area contributed by atoms with Crippen molar-refractivity contribution < 1.29 is 12.6 Å². The van der Waals surface area contributed by atoms with Gasteiger partial charge in [-0.15, -0.1) is 0 Å². The molecule has 0 saturated heterocycles. The molecule has 0 N–H and O–H groups in total. The molecule has 0 heterocycles. The quantitative estimate of drug-likeness (QED) is 0.426. The molecule has 3 nitrogen and oxygen atoms in total. The number of rotatable bonds is 3. The fraction of sp³-hybridized carbons (Fsp3) is 0. The van der Waals surface area contributed by atoms with Crippen molar-refractivity contribution in [3.8, 4) is 0 Å². The third kappa shape index (κ3) is 5.48. The topological polar surface area (TPSA) is 43.4 Å². The van der Waals surface area contributed by atoms with E-state index in [4.69, 9.17) is 0 Å². The molecule has 0 fully saturated rings. The van der Waals surface area contributed by atoms with E-state index in [0.29, 0.717) is 0 Å². The molecule has 13 heavy (non-hydrogen) atoms. The summed E-state index contributed by atoms with van der Waals surface area (Å²) in [5.74, 6) is 0. The molecular weight excluding hydrogens is 203 g/mol. The molecule has 0 spiro atoms. The zero-order valence-electron chi connectivity index (χ0n) is 7.17. The maximum absolute atomic E-state index is 9.92. The molecule has 5 heteroatoms. The van der Waals surface area contributed by atoms with E-state index in [0.717, 1.165) is 11.8 Å². The van der Waals surface area contributed by atoms with Crippen LogP contribution in [0.1, 0.15) is 5.56 Å². The molecule has 0 bridgehead atoms. The van der Waals surface area contributed by atoms with E-state index < -0.39 is 11.0 Å². The number of hydrogen-bond donors (Lipinski definition) is 0. The second-order valence-electron chi connectivity index (χ2n) is 2.01. The molecule has 0 aliphatic heterocycles. The summed E-state index contributed by atoms with van der Waals surface area (Å²) in [7, 11) is -2.48. The van der Waals surface area contributed by atoms with Gasteiger partial charge in [0.05, 0.1) is 6.26 Å². The van der Waals surface area contributed by atoms with E-state index in [1.54, 1.807) is 6.08 Å². The van der Waals surface area contributed by atoms with Crippen molar-refractivity contribution in [2.45, 2.75) is 0 Å². The molecular formula is C8H9AlO3S. The van der Waals surface area contributed by atoms with Crippen LogP contribution in [0, 0.1) is 0 Å². The fourth-order valence-corrected chi connectivity index (χ4v) is 0.862. The predicted molar refractivity (Wildman–Crippen MR) is 53.8 cm³/mol. The van der Waals surface area contributed by atoms with Crippen molar-refractivity contribution in [3.05, 3.63) is 42.2 Å². The van der Waals surface area contributed by atoms with Gasteiger partial charge in [-0.05, 0) is 11.6 Å². The Balaban J connectivity index is 0.00000144. The minimum absolute atomic E-state index is 0. The van der Waals surface area contributed by atoms with Crippen LogP contribution in [0.25, 0.3) is 6.08 Å². The zero-order chi connectivity index (χ0) is 8.81. The summed E-state index contributed by atoms with van der Waals surface area (Å²) in [5.41, 5.74) is 0.892. The second-order valence-corrected chi connectivity index (χ2v) is 2.61. The Bertz CT molecular complexity index is 325. The van der Waals surface area contributed by atoms with Gasteiger partial charge in [-0.25, -0.2) is 0 Å². The fourth-order valence-electron chi connectivity index (χ4n) is 0.716. The average Bonchev–Trinajstić information content (AvgIpc) is 2.05. The van der Waals surface area contributed by atoms with Crippen LogP contribution >= 0.6 is 0 Å². The summed E-state index contributed by atoms with van der Waals surface area (Å²) >= 11 is 0. The van der Waals surface area contributed by atoms with Gasteiger partial charge in [-0.2, -0.15) is 0 Å². The van der Waals surface area contributed by atoms with Gasteiger partial charge in [-0.1, -0.05) is 30.3 Å². The molecule has 0 aliphatic rings. The summed E-state index contributed by atoms with van der Waals surface area (Å²) in [4.78, 5) is 0. The monoisotopic (exact) mass is 212 g/mol. The first-order valence-corrected chi connectivity index (χ1v) is 4.27. The predicted octanol–water partition coefficient (Wildman–Crippen LogP) is 0.982. The van der Waals surface area contributed by atoms with Crippen LogP contribution in [0.2, 0.25) is 0 Å². The van der Waals surface area contributed by atoms with Gasteiger partial charge in [0.25, 0.3) is 0 Å². The van der Waals surface area contributed by atoms with Crippen LogP contribution < -0.4 is 0 Å². The summed E-state index contributed by atoms with van der Waals surface area (Å²) in [5, 5.41) is 0. The van der Waals surface area contributed by atoms with Crippen molar-refractivity contribution in [2.75, 3.05) is 0 Å². The van der Waals surface area contributed by atoms with E-state index in [9.17, 15) is 8.42 Å². The Labute approximate surface area is 89.3 Å². The summed E-state index contributed by atoms with van der Waals surface area (Å²) in [6.45, 7) is 0. The molecule has 68 valence electrons. The Morgan fingerprint density at radius 3 is 2.31 bits per heavy atom. The molecule has 0 amide bonds. The Hall–Kier alpha value is -0.758. The van der Waals surface area contributed by atoms with Gasteiger partial charge in [0.15, 0.2) is 0 Å². The molecule has 0 unspecified atom stereocenters. The standard InChI is InChI=1S/C8H7O3S.Al.2H/c9-12(10)11-7-6-8-4-2-1-3-5-8;;;/h1-7H;;;/q-1;+1;;. The Morgan fingerprint density at radius 2 is 1.77 bits per heavy atom. The van der Waals surface area contributed by atoms with Crippen molar-refractivity contribution in [3.63, 3.8) is 0 Å². The number of hydrogen-bond acceptors (Lipinski definition) is 4. The van der Waals surface area contributed by atoms with Crippen LogP contribution in [0.3, 0.4) is 0 Å². The first-order chi connectivity index (χ1) is 5.79. The normalized spacial score (nSPS) is 9.92. The molecule has 0 saturated carbocycles. The third-order valence-electron chi connectivity index (χ3n) is 1.19. The van der Waals surface area contributed by atoms with E-state index in [-0.39, 0.29) is 17.4 Å². The SMILES string of the molecule is O=[S-](=O)OC=Cc1ccccc1.[AlH2+]. The van der Waals surface area contributed by atoms with Crippen LogP contribution in [0.15, 0.2) is 36.6 Å². The molecule has 0 aliphatic carbocycles. The maximum atomic E-state index is 9.92. The van der Waals surface area contributed by atoms with Crippen LogP contribution in [0.5, 0.6) is 0 Å². The first-order valence-electron chi connectivity index (χ1n) is 3.27. The van der Waals surface area contributed by atoms with Crippen LogP contribution in [-0.2, 0) is 23.6 Å². The Kier molecular flexibility index (Phi) is 6.33. The van der Waals surface area contributed by atoms with Crippen molar-refractivity contribution in [1.29, 1.82) is 0 Å². The summed E-state index contributed by atoms with van der Waals surface area (Å²) in [6.07, 6.45) is 2.69. The van der Waals surface area contributed by atoms with Crippen molar-refractivity contribution in [1.82, 2.24) is 0 Å². The van der Waals surface area contributed by atoms with Gasteiger partial charge < -0.3 is 12.6 Å². The molecule has 1 aromatic carbocycles. The van der Waals surface area contributed by atoms with Gasteiger partial charge in [0.2, 0.25) is 0 Å². The van der Waals surface area contributed by atoms with Gasteiger partial charge in [0.1, 0.15) is 11.0 Å². The van der Waals surface area contributed by atoms with Gasteiger partial charge in [-0.3, -0.25) is 0 Å². The first kappa shape index (κ1) is 12.2. The minimum atomic E-state index is -2.48. The van der Waals surface area contributed by atoms with Gasteiger partial charge >= 0.3 is 17.4 Å². The van der Waals surface area contributed by atoms with Crippen LogP contribution in [-0.4, -0.2) is 17.4 Å². The molecule has 0 atom stereocenters. The summed E-state index contributed by atoms with van der Waals surface area (Å²) in [6, 6.07) is 9.27. The van der Waals surface area contributed by atoms with E-state index in [2.05, 4.69) is 4.18 Å². The number of benzene rings is 1. The second kappa shape index (κ2) is 6.73. The zero-order valence-corrected chi connectivity index (χ0v) is 9.99. The molecule has 0 aromatic heterocycles. The van der Waals surface area contributed by atoms with E-state index in [1.165, 1.54) is 0 Å². The van der Waals surface area contributed by atoms with E-state index >= 15 is 0 Å². The average molecular weight is 212 g/mol. The molecule has 1 rings (SSSR count). The van der Waals surface area contributed by atoms with Crippen molar-refractivity contribution in [2.24, 2.45) is 0 Å². The molecule has 0 radical (unpaired) electrons. The Morgan fingerprint density at radius 1 is 1.15 bits per heavy atom. The van der Waals surface area contributed by atoms with E-state index in [1.807, 2.05) is 30.3 Å². The third-order valence-corrected chi connectivity index (χ3v) is 1.46. The van der Waals surface area contributed by atoms with Crippen molar-refractivity contribution >= 4 is 34.4 Å². The van der Waals surface area contributed by atoms with Crippen LogP contribution in [0.4, 0.5) is 0 Å². The summed E-state index contributed by atoms with van der Waals surface area (Å²) < 4.78 is 24.0. The molecule has 1 aromatic rings.